The maximum Gasteiger partial charge on any atom is 0.340 e. The van der Waals surface area contributed by atoms with E-state index in [1.54, 1.807) is 18.2 Å². The molecular formula is C20H25N3O6S2. The van der Waals surface area contributed by atoms with Crippen LogP contribution in [0.4, 0.5) is 5.00 Å². The van der Waals surface area contributed by atoms with Crippen molar-refractivity contribution in [2.24, 2.45) is 0 Å². The van der Waals surface area contributed by atoms with Gasteiger partial charge in [-0.15, -0.1) is 11.3 Å². The smallest absolute Gasteiger partial charge is 0.340 e. The molecule has 9 nitrogen and oxygen atoms in total. The first kappa shape index (κ1) is 23.2. The van der Waals surface area contributed by atoms with Gasteiger partial charge in [0.1, 0.15) is 10.8 Å². The summed E-state index contributed by atoms with van der Waals surface area (Å²) < 4.78 is 36.9. The third-order valence-electron chi connectivity index (χ3n) is 4.91. The number of amides is 1. The minimum atomic E-state index is -3.60. The zero-order valence-electron chi connectivity index (χ0n) is 17.6. The predicted octanol–water partition coefficient (Wildman–Crippen LogP) is 1.80. The van der Waals surface area contributed by atoms with E-state index in [1.165, 1.54) is 42.0 Å². The fraction of sp³-hybridized carbons (Fsp3) is 0.400. The highest BCUT2D eigenvalue weighted by Gasteiger charge is 2.29. The van der Waals surface area contributed by atoms with Crippen LogP contribution in [0.5, 0.6) is 5.75 Å². The second kappa shape index (κ2) is 9.77. The number of thiophene rings is 1. The molecule has 0 saturated carbocycles. The van der Waals surface area contributed by atoms with Crippen molar-refractivity contribution in [2.45, 2.75) is 11.8 Å². The van der Waals surface area contributed by atoms with Crippen LogP contribution in [0.15, 0.2) is 35.2 Å². The minimum Gasteiger partial charge on any atom is -0.497 e. The topological polar surface area (TPSA) is 105 Å². The van der Waals surface area contributed by atoms with E-state index < -0.39 is 16.0 Å². The summed E-state index contributed by atoms with van der Waals surface area (Å²) in [4.78, 5) is 27.3. The molecule has 0 bridgehead atoms. The molecule has 0 spiro atoms. The molecule has 1 N–H and O–H groups in total. The van der Waals surface area contributed by atoms with Gasteiger partial charge in [-0.2, -0.15) is 4.31 Å². The van der Waals surface area contributed by atoms with Crippen LogP contribution in [0.2, 0.25) is 0 Å². The zero-order chi connectivity index (χ0) is 22.6. The molecule has 2 heterocycles. The normalized spacial score (nSPS) is 15.5. The number of carbonyl (C=O) groups excluding carboxylic acids is 2. The minimum absolute atomic E-state index is 0.105. The van der Waals surface area contributed by atoms with E-state index in [0.29, 0.717) is 29.4 Å². The van der Waals surface area contributed by atoms with Crippen molar-refractivity contribution >= 4 is 38.2 Å². The zero-order valence-corrected chi connectivity index (χ0v) is 19.2. The summed E-state index contributed by atoms with van der Waals surface area (Å²) in [5, 5.41) is 3.22. The predicted molar refractivity (Wildman–Crippen MR) is 117 cm³/mol. The number of hydrogen-bond acceptors (Lipinski definition) is 8. The van der Waals surface area contributed by atoms with Crippen LogP contribution in [-0.2, 0) is 19.6 Å². The summed E-state index contributed by atoms with van der Waals surface area (Å²) in [6.45, 7) is 3.37. The molecule has 0 radical (unpaired) electrons. The average molecular weight is 468 g/mol. The maximum atomic E-state index is 12.8. The van der Waals surface area contributed by atoms with Crippen LogP contribution in [0.1, 0.15) is 15.2 Å². The Morgan fingerprint density at radius 3 is 2.32 bits per heavy atom. The summed E-state index contributed by atoms with van der Waals surface area (Å²) >= 11 is 1.30. The Balaban J connectivity index is 1.56. The summed E-state index contributed by atoms with van der Waals surface area (Å²) in [6.07, 6.45) is 0. The molecule has 1 aromatic heterocycles. The van der Waals surface area contributed by atoms with Crippen molar-refractivity contribution in [3.63, 3.8) is 0 Å². The third-order valence-corrected chi connectivity index (χ3v) is 7.79. The molecule has 2 aromatic rings. The Kier molecular flexibility index (Phi) is 7.31. The SMILES string of the molecule is COC(=O)c1cc(C)sc1NC(=O)CN1CCN(S(=O)(=O)c2ccc(OC)cc2)CC1. The van der Waals surface area contributed by atoms with Gasteiger partial charge in [-0.25, -0.2) is 13.2 Å². The Hall–Kier alpha value is -2.47. The van der Waals surface area contributed by atoms with E-state index >= 15 is 0 Å². The monoisotopic (exact) mass is 467 g/mol. The van der Waals surface area contributed by atoms with Gasteiger partial charge in [0.05, 0.1) is 31.2 Å². The van der Waals surface area contributed by atoms with E-state index in [2.05, 4.69) is 5.32 Å². The van der Waals surface area contributed by atoms with Gasteiger partial charge in [0.15, 0.2) is 0 Å². The van der Waals surface area contributed by atoms with Gasteiger partial charge in [0.2, 0.25) is 15.9 Å². The molecule has 0 unspecified atom stereocenters. The van der Waals surface area contributed by atoms with E-state index in [0.717, 1.165) is 4.88 Å². The molecule has 168 valence electrons. The number of carbonyl (C=O) groups is 2. The number of benzene rings is 1. The van der Waals surface area contributed by atoms with Crippen molar-refractivity contribution in [1.29, 1.82) is 0 Å². The first-order valence-corrected chi connectivity index (χ1v) is 11.9. The number of anilines is 1. The number of sulfonamides is 1. The van der Waals surface area contributed by atoms with Gasteiger partial charge in [-0.3, -0.25) is 9.69 Å². The molecule has 1 amide bonds. The van der Waals surface area contributed by atoms with Gasteiger partial charge in [0.25, 0.3) is 0 Å². The molecule has 1 fully saturated rings. The van der Waals surface area contributed by atoms with Crippen LogP contribution in [0, 0.1) is 6.92 Å². The van der Waals surface area contributed by atoms with Crippen molar-refractivity contribution in [3.8, 4) is 5.75 Å². The third kappa shape index (κ3) is 5.42. The number of methoxy groups -OCH3 is 2. The number of esters is 1. The highest BCUT2D eigenvalue weighted by molar-refractivity contribution is 7.89. The van der Waals surface area contributed by atoms with Crippen molar-refractivity contribution in [3.05, 3.63) is 40.8 Å². The van der Waals surface area contributed by atoms with Gasteiger partial charge in [-0.1, -0.05) is 0 Å². The van der Waals surface area contributed by atoms with E-state index in [-0.39, 0.29) is 30.4 Å². The second-order valence-electron chi connectivity index (χ2n) is 7.00. The Bertz CT molecular complexity index is 1040. The summed E-state index contributed by atoms with van der Waals surface area (Å²) in [5.41, 5.74) is 0.328. The quantitative estimate of drug-likeness (QED) is 0.619. The highest BCUT2D eigenvalue weighted by atomic mass is 32.2. The van der Waals surface area contributed by atoms with E-state index in [4.69, 9.17) is 9.47 Å². The lowest BCUT2D eigenvalue weighted by molar-refractivity contribution is -0.117. The second-order valence-corrected chi connectivity index (χ2v) is 10.2. The van der Waals surface area contributed by atoms with Gasteiger partial charge in [-0.05, 0) is 37.3 Å². The number of piperazine rings is 1. The molecule has 1 aliphatic heterocycles. The first-order valence-electron chi connectivity index (χ1n) is 9.59. The van der Waals surface area contributed by atoms with Crippen LogP contribution < -0.4 is 10.1 Å². The number of aryl methyl sites for hydroxylation is 1. The first-order chi connectivity index (χ1) is 14.7. The molecular weight excluding hydrogens is 442 g/mol. The average Bonchev–Trinajstić information content (AvgIpc) is 3.13. The number of nitrogens with one attached hydrogen (secondary N) is 1. The van der Waals surface area contributed by atoms with Gasteiger partial charge < -0.3 is 14.8 Å². The van der Waals surface area contributed by atoms with Gasteiger partial charge in [0, 0.05) is 31.1 Å². The molecule has 1 aliphatic rings. The van der Waals surface area contributed by atoms with Gasteiger partial charge >= 0.3 is 5.97 Å². The summed E-state index contributed by atoms with van der Waals surface area (Å²) in [6, 6.07) is 7.95. The van der Waals surface area contributed by atoms with Crippen molar-refractivity contribution in [1.82, 2.24) is 9.21 Å². The maximum absolute atomic E-state index is 12.8. The molecule has 1 saturated heterocycles. The molecule has 3 rings (SSSR count). The number of ether oxygens (including phenoxy) is 2. The number of rotatable bonds is 7. The number of hydrogen-bond donors (Lipinski definition) is 1. The van der Waals surface area contributed by atoms with Crippen LogP contribution in [0.3, 0.4) is 0 Å². The molecule has 11 heteroatoms. The largest absolute Gasteiger partial charge is 0.497 e. The lowest BCUT2D eigenvalue weighted by Gasteiger charge is -2.33. The summed E-state index contributed by atoms with van der Waals surface area (Å²) in [5.74, 6) is -0.179. The Labute approximate surface area is 185 Å². The van der Waals surface area contributed by atoms with E-state index in [9.17, 15) is 18.0 Å². The fourth-order valence-electron chi connectivity index (χ4n) is 3.26. The fourth-order valence-corrected chi connectivity index (χ4v) is 5.60. The Morgan fingerprint density at radius 1 is 1.10 bits per heavy atom. The van der Waals surface area contributed by atoms with Crippen molar-refractivity contribution < 1.29 is 27.5 Å². The van der Waals surface area contributed by atoms with E-state index in [1.807, 2.05) is 11.8 Å². The van der Waals surface area contributed by atoms with Crippen LogP contribution in [-0.4, -0.2) is 76.4 Å². The molecule has 1 aromatic carbocycles. The lowest BCUT2D eigenvalue weighted by Crippen LogP contribution is -2.50. The van der Waals surface area contributed by atoms with Crippen LogP contribution >= 0.6 is 11.3 Å². The van der Waals surface area contributed by atoms with Crippen molar-refractivity contribution in [2.75, 3.05) is 52.3 Å². The Morgan fingerprint density at radius 2 is 1.74 bits per heavy atom. The lowest BCUT2D eigenvalue weighted by atomic mass is 10.3. The molecule has 0 atom stereocenters. The standard InChI is InChI=1S/C20H25N3O6S2/c1-14-12-17(20(25)29-3)19(30-14)21-18(24)13-22-8-10-23(11-9-22)31(26,27)16-6-4-15(28-2)5-7-16/h4-7,12H,8-11,13H2,1-3H3,(H,21,24). The highest BCUT2D eigenvalue weighted by Crippen LogP contribution is 2.28. The molecule has 0 aliphatic carbocycles. The van der Waals surface area contributed by atoms with Crippen LogP contribution in [0.25, 0.3) is 0 Å². The summed E-state index contributed by atoms with van der Waals surface area (Å²) in [7, 11) is -0.787. The molecule has 31 heavy (non-hydrogen) atoms. The number of nitrogens with zero attached hydrogens (tertiary/aromatic N) is 2.